The Kier molecular flexibility index (Phi) is 3.14. The zero-order valence-electron chi connectivity index (χ0n) is 12.2. The van der Waals surface area contributed by atoms with Crippen molar-refractivity contribution in [3.8, 4) is 11.4 Å². The van der Waals surface area contributed by atoms with E-state index in [1.807, 2.05) is 13.8 Å². The molecule has 4 nitrogen and oxygen atoms in total. The predicted molar refractivity (Wildman–Crippen MR) is 76.8 cm³/mol. The third-order valence-electron chi connectivity index (χ3n) is 3.48. The van der Waals surface area contributed by atoms with Gasteiger partial charge < -0.3 is 4.74 Å². The molecular weight excluding hydrogens is 315 g/mol. The van der Waals surface area contributed by atoms with Gasteiger partial charge in [-0.25, -0.2) is 4.68 Å². The number of nitrogens with zero attached hydrogens (tertiary/aromatic N) is 3. The van der Waals surface area contributed by atoms with Crippen LogP contribution in [0.5, 0.6) is 5.75 Å². The summed E-state index contributed by atoms with van der Waals surface area (Å²) in [6.07, 6.45) is -3.95. The smallest absolute Gasteiger partial charge is 0.452 e. The summed E-state index contributed by atoms with van der Waals surface area (Å²) in [7, 11) is 1.40. The lowest BCUT2D eigenvalue weighted by Crippen LogP contribution is -2.24. The van der Waals surface area contributed by atoms with Gasteiger partial charge in [-0.2, -0.15) is 13.2 Å². The molecule has 2 aromatic rings. The number of benzene rings is 1. The first kappa shape index (κ1) is 15.1. The second kappa shape index (κ2) is 4.58. The van der Waals surface area contributed by atoms with E-state index in [-0.39, 0.29) is 10.4 Å². The molecule has 0 aliphatic carbocycles. The first-order valence-electron chi connectivity index (χ1n) is 6.64. The molecule has 0 N–H and O–H groups in total. The summed E-state index contributed by atoms with van der Waals surface area (Å²) >= 11 is 5.07. The summed E-state index contributed by atoms with van der Waals surface area (Å²) in [6.45, 7) is 3.87. The van der Waals surface area contributed by atoms with E-state index in [0.717, 1.165) is 14.8 Å². The standard InChI is InChI=1S/C14H14F3N3OS/c1-13(2)7-8-6-9(4-5-10(8)21-13)20-11(14(15,16)17)18-19(3)12(20)22/h4-6H,7H2,1-3H3. The van der Waals surface area contributed by atoms with E-state index in [1.54, 1.807) is 18.2 Å². The third kappa shape index (κ3) is 2.41. The van der Waals surface area contributed by atoms with E-state index in [9.17, 15) is 13.2 Å². The summed E-state index contributed by atoms with van der Waals surface area (Å²) < 4.78 is 47.2. The maximum atomic E-state index is 13.2. The Morgan fingerprint density at radius 3 is 2.64 bits per heavy atom. The number of fused-ring (bicyclic) bond motifs is 1. The summed E-state index contributed by atoms with van der Waals surface area (Å²) in [5.74, 6) is -0.337. The number of hydrogen-bond acceptors (Lipinski definition) is 3. The Morgan fingerprint density at radius 1 is 1.32 bits per heavy atom. The van der Waals surface area contributed by atoms with Crippen molar-refractivity contribution < 1.29 is 17.9 Å². The summed E-state index contributed by atoms with van der Waals surface area (Å²) in [5, 5.41) is 3.50. The molecule has 0 spiro atoms. The minimum atomic E-state index is -4.58. The number of halogens is 3. The second-order valence-electron chi connectivity index (χ2n) is 5.89. The molecule has 0 atom stereocenters. The van der Waals surface area contributed by atoms with Gasteiger partial charge in [0.25, 0.3) is 0 Å². The van der Waals surface area contributed by atoms with Crippen LogP contribution in [0.25, 0.3) is 5.69 Å². The van der Waals surface area contributed by atoms with Crippen LogP contribution < -0.4 is 4.74 Å². The van der Waals surface area contributed by atoms with Crippen molar-refractivity contribution in [2.45, 2.75) is 32.0 Å². The molecule has 0 amide bonds. The Labute approximate surface area is 130 Å². The van der Waals surface area contributed by atoms with Crippen LogP contribution >= 0.6 is 12.2 Å². The molecule has 118 valence electrons. The van der Waals surface area contributed by atoms with Crippen LogP contribution in [0.3, 0.4) is 0 Å². The third-order valence-corrected chi connectivity index (χ3v) is 3.93. The lowest BCUT2D eigenvalue weighted by molar-refractivity contribution is -0.146. The van der Waals surface area contributed by atoms with Gasteiger partial charge in [-0.3, -0.25) is 4.57 Å². The first-order valence-corrected chi connectivity index (χ1v) is 7.05. The van der Waals surface area contributed by atoms with Gasteiger partial charge in [-0.05, 0) is 44.3 Å². The topological polar surface area (TPSA) is 32.0 Å². The van der Waals surface area contributed by atoms with Crippen LogP contribution in [0.4, 0.5) is 13.2 Å². The highest BCUT2D eigenvalue weighted by Gasteiger charge is 2.39. The summed E-state index contributed by atoms with van der Waals surface area (Å²) in [4.78, 5) is 0. The number of aryl methyl sites for hydroxylation is 1. The minimum absolute atomic E-state index is 0.00884. The maximum Gasteiger partial charge on any atom is 0.452 e. The van der Waals surface area contributed by atoms with E-state index in [2.05, 4.69) is 5.10 Å². The fraction of sp³-hybridized carbons (Fsp3) is 0.429. The average molecular weight is 329 g/mol. The number of ether oxygens (including phenoxy) is 1. The SMILES string of the molecule is Cn1nc(C(F)(F)F)n(-c2ccc3c(c2)CC(C)(C)O3)c1=S. The zero-order valence-corrected chi connectivity index (χ0v) is 13.0. The van der Waals surface area contributed by atoms with Gasteiger partial charge in [0.1, 0.15) is 11.4 Å². The molecule has 1 aliphatic heterocycles. The molecule has 3 rings (SSSR count). The molecule has 1 aromatic carbocycles. The molecule has 0 unspecified atom stereocenters. The maximum absolute atomic E-state index is 13.2. The van der Waals surface area contributed by atoms with Crippen LogP contribution in [0.1, 0.15) is 25.2 Å². The van der Waals surface area contributed by atoms with E-state index >= 15 is 0 Å². The lowest BCUT2D eigenvalue weighted by atomic mass is 10.0. The molecule has 2 heterocycles. The molecule has 0 fully saturated rings. The highest BCUT2D eigenvalue weighted by atomic mass is 32.1. The second-order valence-corrected chi connectivity index (χ2v) is 6.26. The molecular formula is C14H14F3N3OS. The van der Waals surface area contributed by atoms with E-state index < -0.39 is 12.0 Å². The first-order chi connectivity index (χ1) is 10.1. The van der Waals surface area contributed by atoms with Crippen LogP contribution in [0.15, 0.2) is 18.2 Å². The van der Waals surface area contributed by atoms with Crippen molar-refractivity contribution in [3.05, 3.63) is 34.4 Å². The van der Waals surface area contributed by atoms with Gasteiger partial charge in [0, 0.05) is 19.0 Å². The Hall–Kier alpha value is -1.83. The van der Waals surface area contributed by atoms with Gasteiger partial charge in [0.05, 0.1) is 5.69 Å². The fourth-order valence-corrected chi connectivity index (χ4v) is 2.85. The number of alkyl halides is 3. The van der Waals surface area contributed by atoms with Gasteiger partial charge in [-0.15, -0.1) is 5.10 Å². The van der Waals surface area contributed by atoms with Crippen molar-refractivity contribution in [3.63, 3.8) is 0 Å². The molecule has 0 saturated heterocycles. The number of aromatic nitrogens is 3. The highest BCUT2D eigenvalue weighted by molar-refractivity contribution is 7.71. The summed E-state index contributed by atoms with van der Waals surface area (Å²) in [6, 6.07) is 4.91. The average Bonchev–Trinajstić information content (AvgIpc) is 2.84. The fourth-order valence-electron chi connectivity index (χ4n) is 2.62. The van der Waals surface area contributed by atoms with Crippen molar-refractivity contribution in [1.29, 1.82) is 0 Å². The van der Waals surface area contributed by atoms with Crippen molar-refractivity contribution in [1.82, 2.24) is 14.3 Å². The lowest BCUT2D eigenvalue weighted by Gasteiger charge is -2.16. The normalized spacial score (nSPS) is 16.5. The Balaban J connectivity index is 2.17. The molecule has 1 aliphatic rings. The molecule has 8 heteroatoms. The zero-order chi connectivity index (χ0) is 16.3. The molecule has 0 radical (unpaired) electrons. The van der Waals surface area contributed by atoms with E-state index in [4.69, 9.17) is 17.0 Å². The van der Waals surface area contributed by atoms with Crippen LogP contribution in [0.2, 0.25) is 0 Å². The van der Waals surface area contributed by atoms with Crippen LogP contribution in [0, 0.1) is 4.77 Å². The Morgan fingerprint density at radius 2 is 2.00 bits per heavy atom. The molecule has 0 bridgehead atoms. The predicted octanol–water partition coefficient (Wildman–Crippen LogP) is 3.67. The van der Waals surface area contributed by atoms with Gasteiger partial charge in [-0.1, -0.05) is 0 Å². The number of rotatable bonds is 1. The Bertz CT molecular complexity index is 805. The van der Waals surface area contributed by atoms with Crippen LogP contribution in [-0.4, -0.2) is 19.9 Å². The molecule has 1 aromatic heterocycles. The highest BCUT2D eigenvalue weighted by Crippen LogP contribution is 2.37. The van der Waals surface area contributed by atoms with Gasteiger partial charge in [0.15, 0.2) is 0 Å². The number of hydrogen-bond donors (Lipinski definition) is 0. The van der Waals surface area contributed by atoms with Crippen molar-refractivity contribution >= 4 is 12.2 Å². The largest absolute Gasteiger partial charge is 0.487 e. The molecule has 0 saturated carbocycles. The quantitative estimate of drug-likeness (QED) is 0.748. The summed E-state index contributed by atoms with van der Waals surface area (Å²) in [5.41, 5.74) is 0.844. The monoisotopic (exact) mass is 329 g/mol. The van der Waals surface area contributed by atoms with Crippen LogP contribution in [-0.2, 0) is 19.6 Å². The minimum Gasteiger partial charge on any atom is -0.487 e. The van der Waals surface area contributed by atoms with Crippen molar-refractivity contribution in [2.75, 3.05) is 0 Å². The van der Waals surface area contributed by atoms with Gasteiger partial charge >= 0.3 is 6.18 Å². The van der Waals surface area contributed by atoms with Gasteiger partial charge in [0.2, 0.25) is 10.6 Å². The van der Waals surface area contributed by atoms with E-state index in [1.165, 1.54) is 7.05 Å². The van der Waals surface area contributed by atoms with Crippen molar-refractivity contribution in [2.24, 2.45) is 7.05 Å². The molecule has 22 heavy (non-hydrogen) atoms. The van der Waals surface area contributed by atoms with E-state index in [0.29, 0.717) is 17.9 Å².